The van der Waals surface area contributed by atoms with Gasteiger partial charge in [-0.1, -0.05) is 13.8 Å². The summed E-state index contributed by atoms with van der Waals surface area (Å²) in [4.78, 5) is 24.0. The number of hydrogen-bond donors (Lipinski definition) is 2. The third-order valence-electron chi connectivity index (χ3n) is 2.94. The zero-order valence-corrected chi connectivity index (χ0v) is 12.4. The Labute approximate surface area is 119 Å². The molecule has 0 saturated carbocycles. The first-order valence-electron chi connectivity index (χ1n) is 6.72. The van der Waals surface area contributed by atoms with E-state index in [-0.39, 0.29) is 17.7 Å². The lowest BCUT2D eigenvalue weighted by Crippen LogP contribution is -2.49. The van der Waals surface area contributed by atoms with Crippen LogP contribution in [0.25, 0.3) is 0 Å². The molecule has 2 N–H and O–H groups in total. The third-order valence-corrected chi connectivity index (χ3v) is 2.94. The number of carbonyl (C=O) groups excluding carboxylic acids is 2. The van der Waals surface area contributed by atoms with E-state index in [9.17, 15) is 9.59 Å². The molecule has 0 radical (unpaired) electrons. The summed E-state index contributed by atoms with van der Waals surface area (Å²) in [6.07, 6.45) is 0. The van der Waals surface area contributed by atoms with Crippen LogP contribution < -0.4 is 15.4 Å². The third kappa shape index (κ3) is 4.26. The Balaban J connectivity index is 2.77. The van der Waals surface area contributed by atoms with E-state index in [4.69, 9.17) is 4.74 Å². The van der Waals surface area contributed by atoms with Crippen LogP contribution in [0.5, 0.6) is 5.75 Å². The summed E-state index contributed by atoms with van der Waals surface area (Å²) in [7, 11) is 1.57. The van der Waals surface area contributed by atoms with Crippen LogP contribution in [0, 0.1) is 5.92 Å². The molecule has 0 aromatic heterocycles. The maximum atomic E-state index is 12.1. The van der Waals surface area contributed by atoms with E-state index in [1.54, 1.807) is 31.4 Å². The monoisotopic (exact) mass is 278 g/mol. The van der Waals surface area contributed by atoms with Crippen LogP contribution in [0.1, 0.15) is 31.1 Å². The Morgan fingerprint density at radius 2 is 1.80 bits per heavy atom. The molecule has 110 valence electrons. The van der Waals surface area contributed by atoms with Gasteiger partial charge >= 0.3 is 0 Å². The first-order valence-corrected chi connectivity index (χ1v) is 6.72. The number of carbonyl (C=O) groups is 2. The van der Waals surface area contributed by atoms with E-state index >= 15 is 0 Å². The molecule has 5 heteroatoms. The molecule has 0 fully saturated rings. The van der Waals surface area contributed by atoms with E-state index in [1.165, 1.54) is 0 Å². The first kappa shape index (κ1) is 16.0. The molecule has 0 spiro atoms. The van der Waals surface area contributed by atoms with Crippen LogP contribution >= 0.6 is 0 Å². The van der Waals surface area contributed by atoms with Crippen molar-refractivity contribution < 1.29 is 14.3 Å². The lowest BCUT2D eigenvalue weighted by Gasteiger charge is -2.21. The van der Waals surface area contributed by atoms with Crippen molar-refractivity contribution in [3.8, 4) is 5.75 Å². The van der Waals surface area contributed by atoms with Gasteiger partial charge in [0.15, 0.2) is 0 Å². The van der Waals surface area contributed by atoms with Gasteiger partial charge in [-0.2, -0.15) is 0 Å². The van der Waals surface area contributed by atoms with Crippen molar-refractivity contribution in [3.63, 3.8) is 0 Å². The smallest absolute Gasteiger partial charge is 0.251 e. The fourth-order valence-electron chi connectivity index (χ4n) is 1.79. The highest BCUT2D eigenvalue weighted by Crippen LogP contribution is 2.12. The molecule has 1 aromatic carbocycles. The van der Waals surface area contributed by atoms with Gasteiger partial charge < -0.3 is 15.4 Å². The Morgan fingerprint density at radius 3 is 2.25 bits per heavy atom. The molecule has 1 rings (SSSR count). The number of likely N-dealkylation sites (N-methyl/N-ethyl adjacent to an activating group) is 1. The van der Waals surface area contributed by atoms with Crippen LogP contribution in [0.2, 0.25) is 0 Å². The van der Waals surface area contributed by atoms with Crippen molar-refractivity contribution >= 4 is 11.8 Å². The molecular weight excluding hydrogens is 256 g/mol. The van der Waals surface area contributed by atoms with Gasteiger partial charge in [-0.25, -0.2) is 0 Å². The van der Waals surface area contributed by atoms with Gasteiger partial charge in [0.1, 0.15) is 11.8 Å². The summed E-state index contributed by atoms with van der Waals surface area (Å²) in [5.74, 6) is 0.274. The fourth-order valence-corrected chi connectivity index (χ4v) is 1.79. The summed E-state index contributed by atoms with van der Waals surface area (Å²) >= 11 is 0. The Kier molecular flexibility index (Phi) is 6.03. The van der Waals surface area contributed by atoms with E-state index < -0.39 is 6.04 Å². The van der Waals surface area contributed by atoms with Gasteiger partial charge in [0, 0.05) is 12.1 Å². The first-order chi connectivity index (χ1) is 9.49. The molecule has 0 aliphatic rings. The predicted molar refractivity (Wildman–Crippen MR) is 77.8 cm³/mol. The summed E-state index contributed by atoms with van der Waals surface area (Å²) < 4.78 is 5.04. The van der Waals surface area contributed by atoms with Crippen LogP contribution in [-0.2, 0) is 4.79 Å². The number of amides is 2. The van der Waals surface area contributed by atoms with Crippen LogP contribution in [0.3, 0.4) is 0 Å². The second-order valence-corrected chi connectivity index (χ2v) is 4.82. The molecule has 2 amide bonds. The normalized spacial score (nSPS) is 11.8. The van der Waals surface area contributed by atoms with E-state index in [0.717, 1.165) is 0 Å². The number of ether oxygens (including phenoxy) is 1. The Hall–Kier alpha value is -2.04. The SMILES string of the molecule is CCNC(=O)C(NC(=O)c1ccc(OC)cc1)C(C)C. The maximum absolute atomic E-state index is 12.1. The second kappa shape index (κ2) is 7.53. The molecule has 1 unspecified atom stereocenters. The van der Waals surface area contributed by atoms with Crippen molar-refractivity contribution in [1.82, 2.24) is 10.6 Å². The maximum Gasteiger partial charge on any atom is 0.251 e. The minimum atomic E-state index is -0.537. The van der Waals surface area contributed by atoms with E-state index in [1.807, 2.05) is 20.8 Å². The number of methoxy groups -OCH3 is 1. The van der Waals surface area contributed by atoms with Crippen molar-refractivity contribution in [3.05, 3.63) is 29.8 Å². The predicted octanol–water partition coefficient (Wildman–Crippen LogP) is 1.59. The van der Waals surface area contributed by atoms with Gasteiger partial charge in [0.2, 0.25) is 5.91 Å². The van der Waals surface area contributed by atoms with E-state index in [0.29, 0.717) is 17.9 Å². The van der Waals surface area contributed by atoms with Gasteiger partial charge in [0.05, 0.1) is 7.11 Å². The summed E-state index contributed by atoms with van der Waals surface area (Å²) in [6, 6.07) is 6.23. The fraction of sp³-hybridized carbons (Fsp3) is 0.467. The molecule has 1 atom stereocenters. The molecule has 0 heterocycles. The second-order valence-electron chi connectivity index (χ2n) is 4.82. The number of benzene rings is 1. The molecule has 0 bridgehead atoms. The highest BCUT2D eigenvalue weighted by molar-refractivity contribution is 5.97. The largest absolute Gasteiger partial charge is 0.497 e. The highest BCUT2D eigenvalue weighted by Gasteiger charge is 2.23. The Bertz CT molecular complexity index is 455. The summed E-state index contributed by atoms with van der Waals surface area (Å²) in [5, 5.41) is 5.49. The topological polar surface area (TPSA) is 67.4 Å². The van der Waals surface area contributed by atoms with Gasteiger partial charge in [0.25, 0.3) is 5.91 Å². The molecule has 5 nitrogen and oxygen atoms in total. The molecule has 0 saturated heterocycles. The lowest BCUT2D eigenvalue weighted by atomic mass is 10.0. The lowest BCUT2D eigenvalue weighted by molar-refractivity contribution is -0.123. The van der Waals surface area contributed by atoms with Crippen molar-refractivity contribution in [2.75, 3.05) is 13.7 Å². The number of rotatable bonds is 6. The van der Waals surface area contributed by atoms with Crippen LogP contribution in [-0.4, -0.2) is 31.5 Å². The van der Waals surface area contributed by atoms with Crippen molar-refractivity contribution in [2.24, 2.45) is 5.92 Å². The van der Waals surface area contributed by atoms with Gasteiger partial charge in [-0.15, -0.1) is 0 Å². The number of hydrogen-bond acceptors (Lipinski definition) is 3. The molecule has 0 aliphatic carbocycles. The van der Waals surface area contributed by atoms with Crippen molar-refractivity contribution in [1.29, 1.82) is 0 Å². The quantitative estimate of drug-likeness (QED) is 0.830. The van der Waals surface area contributed by atoms with Gasteiger partial charge in [-0.3, -0.25) is 9.59 Å². The average molecular weight is 278 g/mol. The zero-order chi connectivity index (χ0) is 15.1. The summed E-state index contributed by atoms with van der Waals surface area (Å²) in [6.45, 7) is 6.18. The summed E-state index contributed by atoms with van der Waals surface area (Å²) in [5.41, 5.74) is 0.501. The molecule has 1 aromatic rings. The Morgan fingerprint density at radius 1 is 1.20 bits per heavy atom. The standard InChI is InChI=1S/C15H22N2O3/c1-5-16-15(19)13(10(2)3)17-14(18)11-6-8-12(20-4)9-7-11/h6-10,13H,5H2,1-4H3,(H,16,19)(H,17,18). The van der Waals surface area contributed by atoms with E-state index in [2.05, 4.69) is 10.6 Å². The molecular formula is C15H22N2O3. The van der Waals surface area contributed by atoms with Crippen LogP contribution in [0.15, 0.2) is 24.3 Å². The van der Waals surface area contributed by atoms with Gasteiger partial charge in [-0.05, 0) is 37.1 Å². The van der Waals surface area contributed by atoms with Crippen molar-refractivity contribution in [2.45, 2.75) is 26.8 Å². The van der Waals surface area contributed by atoms with Crippen LogP contribution in [0.4, 0.5) is 0 Å². The molecule has 0 aliphatic heterocycles. The average Bonchev–Trinajstić information content (AvgIpc) is 2.44. The molecule has 20 heavy (non-hydrogen) atoms. The minimum absolute atomic E-state index is 0.0174. The number of nitrogens with one attached hydrogen (secondary N) is 2. The highest BCUT2D eigenvalue weighted by atomic mass is 16.5. The minimum Gasteiger partial charge on any atom is -0.497 e. The zero-order valence-electron chi connectivity index (χ0n) is 12.4.